The summed E-state index contributed by atoms with van der Waals surface area (Å²) in [5.74, 6) is 0.303. The molecule has 0 saturated carbocycles. The lowest BCUT2D eigenvalue weighted by Gasteiger charge is -2.45. The molecule has 0 aliphatic carbocycles. The molecule has 48 heavy (non-hydrogen) atoms. The second-order valence-corrected chi connectivity index (χ2v) is 12.8. The Morgan fingerprint density at radius 3 is 2.56 bits per heavy atom. The lowest BCUT2D eigenvalue weighted by Crippen LogP contribution is -2.57. The van der Waals surface area contributed by atoms with Gasteiger partial charge in [-0.3, -0.25) is 14.6 Å². The third-order valence-electron chi connectivity index (χ3n) is 9.71. The van der Waals surface area contributed by atoms with Crippen molar-refractivity contribution in [1.29, 1.82) is 5.26 Å². The molecule has 4 heterocycles. The number of nitrogen functional groups attached to an aromatic ring is 1. The minimum Gasteiger partial charge on any atom is -0.457 e. The van der Waals surface area contributed by atoms with Gasteiger partial charge in [-0.25, -0.2) is 19.0 Å². The number of likely N-dealkylation sites (tertiary alicyclic amines) is 1. The van der Waals surface area contributed by atoms with Crippen molar-refractivity contribution >= 4 is 22.8 Å². The number of fused-ring (bicyclic) bond motifs is 1. The first kappa shape index (κ1) is 33.1. The number of nitriles is 1. The zero-order chi connectivity index (χ0) is 33.9. The normalized spacial score (nSPS) is 21.6. The highest BCUT2D eigenvalue weighted by molar-refractivity contribution is 5.99. The number of likely N-dealkylation sites (N-methyl/N-ethyl adjacent to an activating group) is 1. The summed E-state index contributed by atoms with van der Waals surface area (Å²) in [5, 5.41) is 15.4. The van der Waals surface area contributed by atoms with Crippen LogP contribution in [0.25, 0.3) is 22.3 Å². The van der Waals surface area contributed by atoms with Crippen molar-refractivity contribution in [3.8, 4) is 28.8 Å². The smallest absolute Gasteiger partial charge is 0.264 e. The zero-order valence-corrected chi connectivity index (χ0v) is 27.9. The van der Waals surface area contributed by atoms with Crippen LogP contribution in [0.15, 0.2) is 66.5 Å². The van der Waals surface area contributed by atoms with Gasteiger partial charge in [0.1, 0.15) is 46.8 Å². The molecule has 2 N–H and O–H groups in total. The van der Waals surface area contributed by atoms with Gasteiger partial charge in [-0.2, -0.15) is 10.4 Å². The van der Waals surface area contributed by atoms with Crippen LogP contribution < -0.4 is 10.5 Å². The minimum absolute atomic E-state index is 0.0144. The van der Waals surface area contributed by atoms with E-state index >= 15 is 4.39 Å². The van der Waals surface area contributed by atoms with E-state index in [1.807, 2.05) is 24.3 Å². The monoisotopic (exact) mass is 651 g/mol. The number of piperazine rings is 1. The van der Waals surface area contributed by atoms with E-state index in [1.54, 1.807) is 33.8 Å². The Hall–Kier alpha value is -4.86. The van der Waals surface area contributed by atoms with Gasteiger partial charge in [0.2, 0.25) is 0 Å². The molecule has 4 atom stereocenters. The third kappa shape index (κ3) is 6.61. The number of aromatic nitrogens is 4. The van der Waals surface area contributed by atoms with Crippen molar-refractivity contribution in [3.63, 3.8) is 0 Å². The Morgan fingerprint density at radius 2 is 1.88 bits per heavy atom. The highest BCUT2D eigenvalue weighted by Crippen LogP contribution is 2.36. The number of carbonyl (C=O) groups is 1. The second-order valence-electron chi connectivity index (χ2n) is 12.8. The maximum Gasteiger partial charge on any atom is 0.264 e. The van der Waals surface area contributed by atoms with Gasteiger partial charge >= 0.3 is 0 Å². The van der Waals surface area contributed by atoms with E-state index in [0.29, 0.717) is 59.8 Å². The molecule has 1 amide bonds. The summed E-state index contributed by atoms with van der Waals surface area (Å²) in [7, 11) is 2.14. The maximum absolute atomic E-state index is 15.7. The number of anilines is 1. The average molecular weight is 652 g/mol. The first-order chi connectivity index (χ1) is 23.2. The molecule has 0 radical (unpaired) electrons. The molecule has 2 aliphatic rings. The van der Waals surface area contributed by atoms with E-state index in [4.69, 9.17) is 15.6 Å². The summed E-state index contributed by atoms with van der Waals surface area (Å²) < 4.78 is 23.2. The van der Waals surface area contributed by atoms with Crippen LogP contribution in [0.3, 0.4) is 0 Å². The Labute approximate surface area is 280 Å². The number of nitrogens with zero attached hydrogens (tertiary/aromatic N) is 8. The van der Waals surface area contributed by atoms with Crippen molar-refractivity contribution in [2.45, 2.75) is 64.2 Å². The van der Waals surface area contributed by atoms with Crippen molar-refractivity contribution in [3.05, 3.63) is 72.3 Å². The first-order valence-corrected chi connectivity index (χ1v) is 16.6. The van der Waals surface area contributed by atoms with Gasteiger partial charge in [0.05, 0.1) is 11.4 Å². The lowest BCUT2D eigenvalue weighted by molar-refractivity contribution is -0.128. The molecular formula is C36H42FN9O2. The summed E-state index contributed by atoms with van der Waals surface area (Å²) in [6.45, 7) is 9.09. The highest BCUT2D eigenvalue weighted by Gasteiger charge is 2.33. The van der Waals surface area contributed by atoms with E-state index in [1.165, 1.54) is 12.4 Å². The van der Waals surface area contributed by atoms with E-state index in [0.717, 1.165) is 25.9 Å². The van der Waals surface area contributed by atoms with Gasteiger partial charge in [0.15, 0.2) is 5.65 Å². The van der Waals surface area contributed by atoms with Crippen molar-refractivity contribution in [2.75, 3.05) is 39.0 Å². The van der Waals surface area contributed by atoms with Crippen LogP contribution in [0.5, 0.6) is 11.5 Å². The maximum atomic E-state index is 15.7. The number of benzene rings is 2. The van der Waals surface area contributed by atoms with E-state index < -0.39 is 5.82 Å². The van der Waals surface area contributed by atoms with Crippen LogP contribution in [0, 0.1) is 17.1 Å². The Morgan fingerprint density at radius 1 is 1.12 bits per heavy atom. The quantitative estimate of drug-likeness (QED) is 0.196. The average Bonchev–Trinajstić information content (AvgIpc) is 3.48. The Kier molecular flexibility index (Phi) is 9.71. The zero-order valence-electron chi connectivity index (χ0n) is 27.9. The number of ether oxygens (including phenoxy) is 1. The summed E-state index contributed by atoms with van der Waals surface area (Å²) in [6, 6.07) is 16.4. The van der Waals surface area contributed by atoms with Crippen LogP contribution >= 0.6 is 0 Å². The van der Waals surface area contributed by atoms with Crippen LogP contribution in [0.1, 0.15) is 46.1 Å². The van der Waals surface area contributed by atoms with Crippen molar-refractivity contribution in [1.82, 2.24) is 34.4 Å². The standard InChI is InChI=1S/C36H42FN9O2/c1-5-26(45-19-23(2)43(4)24(3)20-45)16-25(18-38)36(47)44-15-9-10-27(21-44)46-35-32(34(39)40-22-41-35)33(42-46)30-14-13-29(17-31(30)37)48-28-11-7-6-8-12-28/h6-8,11-14,16-17,22-24,26-27H,5,9-10,15,19-21H2,1-4H3,(H2,39,40,41)/t23-,24+,26?,27-/m1/s1. The fourth-order valence-electron chi connectivity index (χ4n) is 6.87. The number of hydrogen-bond acceptors (Lipinski definition) is 9. The summed E-state index contributed by atoms with van der Waals surface area (Å²) in [6.07, 6.45) is 5.43. The molecule has 2 aliphatic heterocycles. The molecule has 0 bridgehead atoms. The van der Waals surface area contributed by atoms with Crippen LogP contribution in [0.2, 0.25) is 0 Å². The molecule has 2 aromatic carbocycles. The molecule has 6 rings (SSSR count). The predicted octanol–water partition coefficient (Wildman–Crippen LogP) is 5.42. The third-order valence-corrected chi connectivity index (χ3v) is 9.71. The number of amides is 1. The molecule has 12 heteroatoms. The Balaban J connectivity index is 1.26. The second kappa shape index (κ2) is 14.1. The molecule has 250 valence electrons. The van der Waals surface area contributed by atoms with Gasteiger partial charge in [0, 0.05) is 55.9 Å². The topological polar surface area (TPSA) is 129 Å². The fourth-order valence-corrected chi connectivity index (χ4v) is 6.87. The molecule has 2 aromatic heterocycles. The number of hydrogen-bond donors (Lipinski definition) is 1. The van der Waals surface area contributed by atoms with Crippen LogP contribution in [-0.4, -0.2) is 91.7 Å². The fraction of sp³-hybridized carbons (Fsp3) is 0.417. The molecule has 2 fully saturated rings. The van der Waals surface area contributed by atoms with Gasteiger partial charge in [-0.1, -0.05) is 25.1 Å². The van der Waals surface area contributed by atoms with Crippen molar-refractivity contribution in [2.24, 2.45) is 0 Å². The molecule has 4 aromatic rings. The van der Waals surface area contributed by atoms with Crippen LogP contribution in [0.4, 0.5) is 10.2 Å². The predicted molar refractivity (Wildman–Crippen MR) is 183 cm³/mol. The van der Waals surface area contributed by atoms with Crippen LogP contribution in [-0.2, 0) is 4.79 Å². The molecule has 0 spiro atoms. The van der Waals surface area contributed by atoms with E-state index in [2.05, 4.69) is 53.7 Å². The SMILES string of the molecule is CCC(C=C(C#N)C(=O)N1CCC[C@@H](n2nc(-c3ccc(Oc4ccccc4)cc3F)c3c(N)ncnc32)C1)N1C[C@@H](C)N(C)[C@@H](C)C1. The molecule has 2 saturated heterocycles. The van der Waals surface area contributed by atoms with E-state index in [-0.39, 0.29) is 34.9 Å². The number of piperidine rings is 1. The largest absolute Gasteiger partial charge is 0.457 e. The number of nitrogens with two attached hydrogens (primary N) is 1. The van der Waals surface area contributed by atoms with Gasteiger partial charge in [-0.05, 0) is 70.5 Å². The number of carbonyl (C=O) groups excluding carboxylic acids is 1. The van der Waals surface area contributed by atoms with E-state index in [9.17, 15) is 10.1 Å². The molecule has 11 nitrogen and oxygen atoms in total. The van der Waals surface area contributed by atoms with Gasteiger partial charge in [0.25, 0.3) is 5.91 Å². The molecular weight excluding hydrogens is 609 g/mol. The molecule has 1 unspecified atom stereocenters. The highest BCUT2D eigenvalue weighted by atomic mass is 19.1. The summed E-state index contributed by atoms with van der Waals surface area (Å²) in [5.41, 5.74) is 7.49. The summed E-state index contributed by atoms with van der Waals surface area (Å²) in [4.78, 5) is 29.0. The lowest BCUT2D eigenvalue weighted by atomic mass is 10.0. The minimum atomic E-state index is -0.530. The number of para-hydroxylation sites is 1. The van der Waals surface area contributed by atoms with Gasteiger partial charge in [-0.15, -0.1) is 0 Å². The Bertz CT molecular complexity index is 1840. The number of rotatable bonds is 8. The summed E-state index contributed by atoms with van der Waals surface area (Å²) >= 11 is 0. The van der Waals surface area contributed by atoms with Gasteiger partial charge < -0.3 is 15.4 Å². The number of halogens is 1. The first-order valence-electron chi connectivity index (χ1n) is 16.6. The van der Waals surface area contributed by atoms with Crippen molar-refractivity contribution < 1.29 is 13.9 Å².